The van der Waals surface area contributed by atoms with Crippen LogP contribution < -0.4 is 15.0 Å². The first-order chi connectivity index (χ1) is 17.7. The number of aromatic nitrogens is 2. The highest BCUT2D eigenvalue weighted by Crippen LogP contribution is 2.42. The van der Waals surface area contributed by atoms with Crippen molar-refractivity contribution in [1.82, 2.24) is 14.9 Å². The van der Waals surface area contributed by atoms with E-state index < -0.39 is 0 Å². The van der Waals surface area contributed by atoms with E-state index in [0.29, 0.717) is 11.2 Å². The maximum absolute atomic E-state index is 6.21. The third kappa shape index (κ3) is 4.37. The maximum Gasteiger partial charge on any atom is 0.174 e. The average Bonchev–Trinajstić information content (AvgIpc) is 3.66. The van der Waals surface area contributed by atoms with Crippen LogP contribution in [0.25, 0.3) is 5.69 Å². The number of benzene rings is 2. The fourth-order valence-corrected chi connectivity index (χ4v) is 5.74. The number of nitrogens with one attached hydrogen (secondary N) is 1. The number of rotatable bonds is 6. The van der Waals surface area contributed by atoms with Gasteiger partial charge in [-0.2, -0.15) is 0 Å². The second-order valence-corrected chi connectivity index (χ2v) is 10.0. The fraction of sp³-hybridized carbons (Fsp3) is 0.267. The van der Waals surface area contributed by atoms with Crippen LogP contribution in [0.4, 0.5) is 5.69 Å². The summed E-state index contributed by atoms with van der Waals surface area (Å²) in [5.41, 5.74) is 5.51. The molecular weight excluding hydrogens is 464 g/mol. The van der Waals surface area contributed by atoms with Gasteiger partial charge in [-0.15, -0.1) is 0 Å². The molecule has 0 radical (unpaired) electrons. The molecule has 0 bridgehead atoms. The molecule has 6 rings (SSSR count). The Labute approximate surface area is 217 Å². The van der Waals surface area contributed by atoms with Gasteiger partial charge in [0.05, 0.1) is 17.8 Å². The molecule has 2 aromatic heterocycles. The number of hydrogen-bond acceptors (Lipinski definition) is 3. The Morgan fingerprint density at radius 3 is 2.36 bits per heavy atom. The van der Waals surface area contributed by atoms with Crippen molar-refractivity contribution in [3.05, 3.63) is 108 Å². The molecule has 1 aliphatic carbocycles. The summed E-state index contributed by atoms with van der Waals surface area (Å²) in [4.78, 5) is 6.91. The Bertz CT molecular complexity index is 1330. The van der Waals surface area contributed by atoms with Gasteiger partial charge >= 0.3 is 0 Å². The lowest BCUT2D eigenvalue weighted by molar-refractivity contribution is 0.210. The lowest BCUT2D eigenvalue weighted by Crippen LogP contribution is -2.30. The molecule has 2 unspecified atom stereocenters. The zero-order chi connectivity index (χ0) is 24.5. The molecule has 1 N–H and O–H groups in total. The summed E-state index contributed by atoms with van der Waals surface area (Å²) in [6, 6.07) is 27.1. The van der Waals surface area contributed by atoms with Crippen LogP contribution in [0, 0.1) is 6.92 Å². The normalized spacial score (nSPS) is 20.0. The Balaban J connectivity index is 1.39. The van der Waals surface area contributed by atoms with Gasteiger partial charge in [-0.05, 0) is 105 Å². The molecule has 2 atom stereocenters. The lowest BCUT2D eigenvalue weighted by Gasteiger charge is -2.29. The standard InChI is InChI=1S/C30H30N4OS/c1-21-11-13-22(14-12-21)33-20-6-10-27(33)29-28(26-9-4-5-19-31-26)32-30(36)34(29)23-15-17-25(18-16-23)35-24-7-2-3-8-24/h4-6,9-20,24,28-29H,2-3,7-8H2,1H3,(H,32,36). The van der Waals surface area contributed by atoms with Crippen LogP contribution in [0.5, 0.6) is 5.75 Å². The number of hydrogen-bond donors (Lipinski definition) is 1. The fourth-order valence-electron chi connectivity index (χ4n) is 5.39. The minimum absolute atomic E-state index is 0.0784. The summed E-state index contributed by atoms with van der Waals surface area (Å²) in [6.45, 7) is 2.11. The van der Waals surface area contributed by atoms with Gasteiger partial charge in [0.25, 0.3) is 0 Å². The van der Waals surface area contributed by atoms with Gasteiger partial charge in [-0.3, -0.25) is 4.98 Å². The third-order valence-corrected chi connectivity index (χ3v) is 7.53. The van der Waals surface area contributed by atoms with E-state index in [1.165, 1.54) is 18.4 Å². The maximum atomic E-state index is 6.21. The predicted octanol–water partition coefficient (Wildman–Crippen LogP) is 6.68. The molecule has 5 nitrogen and oxygen atoms in total. The summed E-state index contributed by atoms with van der Waals surface area (Å²) >= 11 is 5.92. The van der Waals surface area contributed by atoms with E-state index in [9.17, 15) is 0 Å². The molecule has 0 spiro atoms. The van der Waals surface area contributed by atoms with Gasteiger partial charge in [0.1, 0.15) is 11.8 Å². The van der Waals surface area contributed by atoms with Crippen LogP contribution in [0.2, 0.25) is 0 Å². The molecule has 1 saturated carbocycles. The molecule has 2 aliphatic rings. The molecule has 2 aromatic carbocycles. The Kier molecular flexibility index (Phi) is 6.20. The van der Waals surface area contributed by atoms with Crippen molar-refractivity contribution < 1.29 is 4.74 Å². The van der Waals surface area contributed by atoms with E-state index >= 15 is 0 Å². The quantitative estimate of drug-likeness (QED) is 0.303. The van der Waals surface area contributed by atoms with Gasteiger partial charge < -0.3 is 19.5 Å². The minimum Gasteiger partial charge on any atom is -0.490 e. The molecule has 6 heteroatoms. The summed E-state index contributed by atoms with van der Waals surface area (Å²) in [5.74, 6) is 0.921. The second-order valence-electron chi connectivity index (χ2n) is 9.65. The highest BCUT2D eigenvalue weighted by atomic mass is 32.1. The van der Waals surface area contributed by atoms with Gasteiger partial charge in [0, 0.05) is 29.5 Å². The molecule has 1 saturated heterocycles. The van der Waals surface area contributed by atoms with Crippen LogP contribution in [0.15, 0.2) is 91.3 Å². The highest BCUT2D eigenvalue weighted by Gasteiger charge is 2.42. The second kappa shape index (κ2) is 9.78. The van der Waals surface area contributed by atoms with E-state index in [0.717, 1.165) is 41.4 Å². The van der Waals surface area contributed by atoms with E-state index in [2.05, 4.69) is 94.6 Å². The number of anilines is 1. The van der Waals surface area contributed by atoms with Gasteiger partial charge in [-0.25, -0.2) is 0 Å². The van der Waals surface area contributed by atoms with Crippen molar-refractivity contribution in [3.63, 3.8) is 0 Å². The van der Waals surface area contributed by atoms with Crippen LogP contribution in [0.1, 0.15) is 54.7 Å². The first-order valence-electron chi connectivity index (χ1n) is 12.7. The summed E-state index contributed by atoms with van der Waals surface area (Å²) in [5, 5.41) is 4.26. The third-order valence-electron chi connectivity index (χ3n) is 7.21. The van der Waals surface area contributed by atoms with Gasteiger partial charge in [-0.1, -0.05) is 23.8 Å². The largest absolute Gasteiger partial charge is 0.490 e. The zero-order valence-electron chi connectivity index (χ0n) is 20.4. The molecule has 36 heavy (non-hydrogen) atoms. The number of aryl methyl sites for hydroxylation is 1. The average molecular weight is 495 g/mol. The topological polar surface area (TPSA) is 42.3 Å². The zero-order valence-corrected chi connectivity index (χ0v) is 21.2. The van der Waals surface area contributed by atoms with Crippen molar-refractivity contribution in [1.29, 1.82) is 0 Å². The Hall–Kier alpha value is -3.64. The lowest BCUT2D eigenvalue weighted by atomic mass is 10.0. The summed E-state index contributed by atoms with van der Waals surface area (Å²) < 4.78 is 8.47. The van der Waals surface area contributed by atoms with Crippen LogP contribution in [-0.4, -0.2) is 20.8 Å². The molecule has 4 aromatic rings. The highest BCUT2D eigenvalue weighted by molar-refractivity contribution is 7.80. The minimum atomic E-state index is -0.0905. The molecular formula is C30H30N4OS. The van der Waals surface area contributed by atoms with Gasteiger partial charge in [0.2, 0.25) is 0 Å². The molecule has 182 valence electrons. The van der Waals surface area contributed by atoms with Crippen molar-refractivity contribution in [2.45, 2.75) is 50.8 Å². The Morgan fingerprint density at radius 2 is 1.64 bits per heavy atom. The number of thiocarbonyl (C=S) groups is 1. The van der Waals surface area contributed by atoms with Gasteiger partial charge in [0.15, 0.2) is 5.11 Å². The van der Waals surface area contributed by atoms with Crippen LogP contribution in [0.3, 0.4) is 0 Å². The monoisotopic (exact) mass is 494 g/mol. The summed E-state index contributed by atoms with van der Waals surface area (Å²) in [7, 11) is 0. The van der Waals surface area contributed by atoms with Crippen molar-refractivity contribution in [2.24, 2.45) is 0 Å². The smallest absolute Gasteiger partial charge is 0.174 e. The number of nitrogens with zero attached hydrogens (tertiary/aromatic N) is 3. The van der Waals surface area contributed by atoms with Crippen LogP contribution >= 0.6 is 12.2 Å². The van der Waals surface area contributed by atoms with Crippen molar-refractivity contribution >= 4 is 23.0 Å². The first kappa shape index (κ1) is 22.8. The molecule has 2 fully saturated rings. The number of ether oxygens (including phenoxy) is 1. The Morgan fingerprint density at radius 1 is 0.889 bits per heavy atom. The molecule has 1 aliphatic heterocycles. The van der Waals surface area contributed by atoms with E-state index in [1.807, 2.05) is 18.3 Å². The first-order valence-corrected chi connectivity index (χ1v) is 13.1. The summed E-state index contributed by atoms with van der Waals surface area (Å²) in [6.07, 6.45) is 9.10. The van der Waals surface area contributed by atoms with Crippen molar-refractivity contribution in [2.75, 3.05) is 4.90 Å². The van der Waals surface area contributed by atoms with E-state index in [4.69, 9.17) is 21.9 Å². The van der Waals surface area contributed by atoms with Crippen LogP contribution in [-0.2, 0) is 0 Å². The molecule has 0 amide bonds. The van der Waals surface area contributed by atoms with Crippen molar-refractivity contribution in [3.8, 4) is 11.4 Å². The molecule has 3 heterocycles. The predicted molar refractivity (Wildman–Crippen MR) is 148 cm³/mol. The SMILES string of the molecule is Cc1ccc(-n2cccc2C2C(c3ccccn3)NC(=S)N2c2ccc(OC3CCCC3)cc2)cc1. The number of pyridine rings is 1. The van der Waals surface area contributed by atoms with E-state index in [1.54, 1.807) is 0 Å². The van der Waals surface area contributed by atoms with E-state index in [-0.39, 0.29) is 12.1 Å².